The molecule has 2 fully saturated rings. The van der Waals surface area contributed by atoms with E-state index in [9.17, 15) is 4.79 Å². The molecular weight excluding hydrogens is 394 g/mol. The van der Waals surface area contributed by atoms with Gasteiger partial charge in [-0.05, 0) is 49.9 Å². The fraction of sp³-hybridized carbons (Fsp3) is 0.500. The summed E-state index contributed by atoms with van der Waals surface area (Å²) in [6.07, 6.45) is 7.87. The van der Waals surface area contributed by atoms with Crippen molar-refractivity contribution in [1.82, 2.24) is 14.8 Å². The topological polar surface area (TPSA) is 64.1 Å². The number of likely N-dealkylation sites (tertiary alicyclic amines) is 2. The Hall–Kier alpha value is -2.80. The molecule has 7 heteroatoms. The summed E-state index contributed by atoms with van der Waals surface area (Å²) in [6, 6.07) is 9.71. The highest BCUT2D eigenvalue weighted by Gasteiger charge is 2.30. The highest BCUT2D eigenvalue weighted by atomic mass is 16.5. The molecule has 1 amide bonds. The molecule has 0 aliphatic carbocycles. The minimum Gasteiger partial charge on any atom is -0.497 e. The van der Waals surface area contributed by atoms with Gasteiger partial charge in [-0.2, -0.15) is 0 Å². The number of amides is 1. The molecule has 2 aliphatic heterocycles. The second kappa shape index (κ2) is 10.0. The largest absolute Gasteiger partial charge is 0.497 e. The molecule has 3 heterocycles. The Balaban J connectivity index is 1.27. The van der Waals surface area contributed by atoms with Gasteiger partial charge in [-0.25, -0.2) is 0 Å². The first-order chi connectivity index (χ1) is 15.2. The van der Waals surface area contributed by atoms with E-state index in [1.165, 1.54) is 0 Å². The lowest BCUT2D eigenvalue weighted by Gasteiger charge is -2.41. The van der Waals surface area contributed by atoms with Crippen LogP contribution in [0.1, 0.15) is 36.0 Å². The van der Waals surface area contributed by atoms with Crippen molar-refractivity contribution in [2.24, 2.45) is 0 Å². The van der Waals surface area contributed by atoms with Crippen LogP contribution in [0.4, 0.5) is 0 Å². The standard InChI is InChI=1S/C24H31N3O4/c1-29-22-15-18(16-23(17-22)30-2)24(28)27-11-5-19(6-12-27)26-13-7-21(8-14-26)31-20-3-9-25-10-4-20/h3-4,9-10,15-17,19,21H,5-8,11-14H2,1-2H3. The van der Waals surface area contributed by atoms with Gasteiger partial charge >= 0.3 is 0 Å². The van der Waals surface area contributed by atoms with Gasteiger partial charge in [-0.3, -0.25) is 14.7 Å². The van der Waals surface area contributed by atoms with E-state index in [1.807, 2.05) is 17.0 Å². The number of hydrogen-bond acceptors (Lipinski definition) is 6. The lowest BCUT2D eigenvalue weighted by atomic mass is 9.98. The lowest BCUT2D eigenvalue weighted by Crippen LogP contribution is -2.50. The van der Waals surface area contributed by atoms with Gasteiger partial charge in [0, 0.05) is 56.2 Å². The quantitative estimate of drug-likeness (QED) is 0.708. The van der Waals surface area contributed by atoms with Crippen LogP contribution in [-0.2, 0) is 0 Å². The van der Waals surface area contributed by atoms with E-state index < -0.39 is 0 Å². The summed E-state index contributed by atoms with van der Waals surface area (Å²) < 4.78 is 16.7. The molecule has 0 radical (unpaired) electrons. The van der Waals surface area contributed by atoms with Gasteiger partial charge in [0.15, 0.2) is 0 Å². The minimum atomic E-state index is 0.0418. The summed E-state index contributed by atoms with van der Waals surface area (Å²) in [5.41, 5.74) is 0.615. The molecule has 166 valence electrons. The van der Waals surface area contributed by atoms with E-state index in [4.69, 9.17) is 14.2 Å². The van der Waals surface area contributed by atoms with Crippen LogP contribution in [0.2, 0.25) is 0 Å². The monoisotopic (exact) mass is 425 g/mol. The Bertz CT molecular complexity index is 838. The molecular formula is C24H31N3O4. The highest BCUT2D eigenvalue weighted by molar-refractivity contribution is 5.95. The van der Waals surface area contributed by atoms with E-state index in [1.54, 1.807) is 44.8 Å². The third kappa shape index (κ3) is 5.28. The maximum Gasteiger partial charge on any atom is 0.254 e. The molecule has 1 aromatic heterocycles. The number of methoxy groups -OCH3 is 2. The Morgan fingerprint density at radius 1 is 0.871 bits per heavy atom. The molecule has 4 rings (SSSR count). The SMILES string of the molecule is COc1cc(OC)cc(C(=O)N2CCC(N3CCC(Oc4ccncc4)CC3)CC2)c1. The first-order valence-corrected chi connectivity index (χ1v) is 11.0. The molecule has 2 saturated heterocycles. The fourth-order valence-electron chi connectivity index (χ4n) is 4.52. The molecule has 0 spiro atoms. The van der Waals surface area contributed by atoms with Crippen LogP contribution in [0.3, 0.4) is 0 Å². The second-order valence-electron chi connectivity index (χ2n) is 8.16. The molecule has 31 heavy (non-hydrogen) atoms. The van der Waals surface area contributed by atoms with E-state index >= 15 is 0 Å². The molecule has 2 aromatic rings. The molecule has 0 saturated carbocycles. The number of carbonyl (C=O) groups excluding carboxylic acids is 1. The smallest absolute Gasteiger partial charge is 0.254 e. The van der Waals surface area contributed by atoms with E-state index in [0.717, 1.165) is 57.6 Å². The summed E-state index contributed by atoms with van der Waals surface area (Å²) in [7, 11) is 3.19. The molecule has 7 nitrogen and oxygen atoms in total. The zero-order chi connectivity index (χ0) is 21.6. The number of benzene rings is 1. The van der Waals surface area contributed by atoms with Gasteiger partial charge in [-0.15, -0.1) is 0 Å². The molecule has 0 N–H and O–H groups in total. The molecule has 0 atom stereocenters. The predicted molar refractivity (Wildman–Crippen MR) is 118 cm³/mol. The van der Waals surface area contributed by atoms with Crippen molar-refractivity contribution in [3.05, 3.63) is 48.3 Å². The van der Waals surface area contributed by atoms with Gasteiger partial charge in [0.1, 0.15) is 23.4 Å². The summed E-state index contributed by atoms with van der Waals surface area (Å²) in [5, 5.41) is 0. The predicted octanol–water partition coefficient (Wildman–Crippen LogP) is 3.25. The average molecular weight is 426 g/mol. The normalized spacial score (nSPS) is 18.6. The number of nitrogens with zero attached hydrogens (tertiary/aromatic N) is 3. The van der Waals surface area contributed by atoms with Crippen LogP contribution >= 0.6 is 0 Å². The Morgan fingerprint density at radius 2 is 1.48 bits per heavy atom. The van der Waals surface area contributed by atoms with Crippen molar-refractivity contribution in [1.29, 1.82) is 0 Å². The van der Waals surface area contributed by atoms with Crippen molar-refractivity contribution in [2.75, 3.05) is 40.4 Å². The molecule has 0 bridgehead atoms. The van der Waals surface area contributed by atoms with Crippen LogP contribution in [0.5, 0.6) is 17.2 Å². The molecule has 1 aromatic carbocycles. The molecule has 2 aliphatic rings. The first kappa shape index (κ1) is 21.4. The van der Waals surface area contributed by atoms with Gasteiger partial charge in [0.05, 0.1) is 14.2 Å². The number of carbonyl (C=O) groups is 1. The van der Waals surface area contributed by atoms with Crippen LogP contribution in [0.25, 0.3) is 0 Å². The zero-order valence-corrected chi connectivity index (χ0v) is 18.3. The number of ether oxygens (including phenoxy) is 3. The highest BCUT2D eigenvalue weighted by Crippen LogP contribution is 2.27. The first-order valence-electron chi connectivity index (χ1n) is 11.0. The van der Waals surface area contributed by atoms with Crippen molar-refractivity contribution in [3.63, 3.8) is 0 Å². The van der Waals surface area contributed by atoms with E-state index in [0.29, 0.717) is 23.1 Å². The minimum absolute atomic E-state index is 0.0418. The Labute approximate surface area is 183 Å². The number of rotatable bonds is 6. The van der Waals surface area contributed by atoms with Crippen LogP contribution in [0.15, 0.2) is 42.7 Å². The van der Waals surface area contributed by atoms with Gasteiger partial charge in [0.25, 0.3) is 5.91 Å². The van der Waals surface area contributed by atoms with Crippen LogP contribution < -0.4 is 14.2 Å². The van der Waals surface area contributed by atoms with E-state index in [-0.39, 0.29) is 12.0 Å². The number of pyridine rings is 1. The summed E-state index contributed by atoms with van der Waals surface area (Å²) in [5.74, 6) is 2.21. The second-order valence-corrected chi connectivity index (χ2v) is 8.16. The van der Waals surface area contributed by atoms with Crippen molar-refractivity contribution in [3.8, 4) is 17.2 Å². The zero-order valence-electron chi connectivity index (χ0n) is 18.3. The third-order valence-corrected chi connectivity index (χ3v) is 6.30. The van der Waals surface area contributed by atoms with Crippen LogP contribution in [-0.4, -0.2) is 73.2 Å². The van der Waals surface area contributed by atoms with Gasteiger partial charge in [-0.1, -0.05) is 0 Å². The van der Waals surface area contributed by atoms with Gasteiger partial charge in [0.2, 0.25) is 0 Å². The summed E-state index contributed by atoms with van der Waals surface area (Å²) in [6.45, 7) is 3.63. The van der Waals surface area contributed by atoms with Gasteiger partial charge < -0.3 is 19.1 Å². The maximum atomic E-state index is 13.0. The van der Waals surface area contributed by atoms with Crippen molar-refractivity contribution >= 4 is 5.91 Å². The fourth-order valence-corrected chi connectivity index (χ4v) is 4.52. The number of piperidine rings is 2. The maximum absolute atomic E-state index is 13.0. The average Bonchev–Trinajstić information content (AvgIpc) is 2.84. The lowest BCUT2D eigenvalue weighted by molar-refractivity contribution is 0.0425. The Kier molecular flexibility index (Phi) is 6.92. The third-order valence-electron chi connectivity index (χ3n) is 6.30. The van der Waals surface area contributed by atoms with E-state index in [2.05, 4.69) is 9.88 Å². The molecule has 0 unspecified atom stereocenters. The summed E-state index contributed by atoms with van der Waals surface area (Å²) in [4.78, 5) is 21.6. The summed E-state index contributed by atoms with van der Waals surface area (Å²) >= 11 is 0. The van der Waals surface area contributed by atoms with Crippen molar-refractivity contribution < 1.29 is 19.0 Å². The Morgan fingerprint density at radius 3 is 2.06 bits per heavy atom. The van der Waals surface area contributed by atoms with Crippen molar-refractivity contribution in [2.45, 2.75) is 37.8 Å². The number of aromatic nitrogens is 1. The van der Waals surface area contributed by atoms with Crippen LogP contribution in [0, 0.1) is 0 Å². The number of hydrogen-bond donors (Lipinski definition) is 0.